The Bertz CT molecular complexity index is 986. The third-order valence-electron chi connectivity index (χ3n) is 5.63. The van der Waals surface area contributed by atoms with Crippen molar-refractivity contribution in [2.45, 2.75) is 32.4 Å². The van der Waals surface area contributed by atoms with Crippen molar-refractivity contribution in [3.8, 4) is 5.75 Å². The predicted molar refractivity (Wildman–Crippen MR) is 135 cm³/mol. The molecule has 1 aliphatic rings. The van der Waals surface area contributed by atoms with E-state index in [0.717, 1.165) is 49.4 Å². The molecular formula is C22H29IN6OS. The van der Waals surface area contributed by atoms with Crippen molar-refractivity contribution >= 4 is 41.3 Å². The molecule has 1 fully saturated rings. The number of ether oxygens (including phenoxy) is 1. The zero-order valence-corrected chi connectivity index (χ0v) is 21.3. The molecule has 1 aromatic carbocycles. The molecule has 4 rings (SSSR count). The van der Waals surface area contributed by atoms with Crippen LogP contribution in [0.2, 0.25) is 0 Å². The van der Waals surface area contributed by atoms with E-state index in [9.17, 15) is 0 Å². The first-order valence-electron chi connectivity index (χ1n) is 10.2. The standard InChI is InChI=1S/C22H28N6OS.HI/c1-16-25-26-21(27(16)2)14-24-22(23-13-20-5-4-12-30-20)28-11-10-18(15-28)17-6-8-19(29-3)9-7-17;/h4-9,12,18H,10-11,13-15H2,1-3H3,(H,23,24);1H. The van der Waals surface area contributed by atoms with Gasteiger partial charge in [-0.15, -0.1) is 45.5 Å². The van der Waals surface area contributed by atoms with Crippen molar-refractivity contribution < 1.29 is 4.74 Å². The maximum absolute atomic E-state index is 5.29. The minimum Gasteiger partial charge on any atom is -0.497 e. The van der Waals surface area contributed by atoms with Crippen molar-refractivity contribution in [2.75, 3.05) is 20.2 Å². The van der Waals surface area contributed by atoms with Crippen LogP contribution in [0.15, 0.2) is 46.8 Å². The molecule has 0 radical (unpaired) electrons. The number of aromatic nitrogens is 3. The number of likely N-dealkylation sites (tertiary alicyclic amines) is 1. The lowest BCUT2D eigenvalue weighted by Crippen LogP contribution is -2.39. The van der Waals surface area contributed by atoms with Crippen LogP contribution in [0.5, 0.6) is 5.75 Å². The number of guanidine groups is 1. The number of benzene rings is 1. The van der Waals surface area contributed by atoms with E-state index in [4.69, 9.17) is 9.73 Å². The maximum atomic E-state index is 5.29. The number of halogens is 1. The van der Waals surface area contributed by atoms with E-state index in [1.165, 1.54) is 10.4 Å². The second-order valence-electron chi connectivity index (χ2n) is 7.50. The minimum absolute atomic E-state index is 0. The van der Waals surface area contributed by atoms with E-state index in [-0.39, 0.29) is 24.0 Å². The number of nitrogens with one attached hydrogen (secondary N) is 1. The van der Waals surface area contributed by atoms with Crippen LogP contribution < -0.4 is 10.1 Å². The first-order valence-corrected chi connectivity index (χ1v) is 11.1. The second-order valence-corrected chi connectivity index (χ2v) is 8.53. The van der Waals surface area contributed by atoms with Gasteiger partial charge in [0.1, 0.15) is 18.1 Å². The maximum Gasteiger partial charge on any atom is 0.194 e. The van der Waals surface area contributed by atoms with E-state index in [0.29, 0.717) is 12.5 Å². The Morgan fingerprint density at radius 1 is 1.26 bits per heavy atom. The molecule has 1 unspecified atom stereocenters. The van der Waals surface area contributed by atoms with Crippen LogP contribution in [-0.2, 0) is 20.1 Å². The van der Waals surface area contributed by atoms with Gasteiger partial charge < -0.3 is 19.5 Å². The summed E-state index contributed by atoms with van der Waals surface area (Å²) in [6.45, 7) is 5.16. The first kappa shape index (κ1) is 23.5. The summed E-state index contributed by atoms with van der Waals surface area (Å²) in [7, 11) is 3.68. The lowest BCUT2D eigenvalue weighted by molar-refractivity contribution is 0.414. The fourth-order valence-corrected chi connectivity index (χ4v) is 4.33. The average molecular weight is 552 g/mol. The summed E-state index contributed by atoms with van der Waals surface area (Å²) in [6, 6.07) is 12.6. The van der Waals surface area contributed by atoms with Crippen molar-refractivity contribution in [1.29, 1.82) is 0 Å². The highest BCUT2D eigenvalue weighted by molar-refractivity contribution is 14.0. The molecule has 0 aliphatic carbocycles. The SMILES string of the molecule is COc1ccc(C2CCN(C(=NCc3nnc(C)n3C)NCc3cccs3)C2)cc1.I. The van der Waals surface area contributed by atoms with Crippen molar-refractivity contribution in [2.24, 2.45) is 12.0 Å². The molecule has 2 aromatic heterocycles. The highest BCUT2D eigenvalue weighted by Crippen LogP contribution is 2.28. The molecule has 31 heavy (non-hydrogen) atoms. The van der Waals surface area contributed by atoms with Gasteiger partial charge >= 0.3 is 0 Å². The topological polar surface area (TPSA) is 67.6 Å². The van der Waals surface area contributed by atoms with Crippen molar-refractivity contribution in [1.82, 2.24) is 25.0 Å². The zero-order valence-electron chi connectivity index (χ0n) is 18.1. The van der Waals surface area contributed by atoms with Gasteiger partial charge in [-0.2, -0.15) is 0 Å². The molecule has 1 N–H and O–H groups in total. The second kappa shape index (κ2) is 10.9. The first-order chi connectivity index (χ1) is 14.6. The zero-order chi connectivity index (χ0) is 20.9. The summed E-state index contributed by atoms with van der Waals surface area (Å²) in [5.74, 6) is 4.08. The molecule has 0 spiro atoms. The van der Waals surface area contributed by atoms with Gasteiger partial charge in [-0.25, -0.2) is 4.99 Å². The molecule has 3 aromatic rings. The van der Waals surface area contributed by atoms with Crippen LogP contribution in [0.4, 0.5) is 0 Å². The third-order valence-corrected chi connectivity index (χ3v) is 6.51. The van der Waals surface area contributed by atoms with Gasteiger partial charge in [-0.1, -0.05) is 18.2 Å². The number of methoxy groups -OCH3 is 1. The summed E-state index contributed by atoms with van der Waals surface area (Å²) in [5.41, 5.74) is 1.35. The number of nitrogens with zero attached hydrogens (tertiary/aromatic N) is 5. The fourth-order valence-electron chi connectivity index (χ4n) is 3.68. The lowest BCUT2D eigenvalue weighted by Gasteiger charge is -2.22. The van der Waals surface area contributed by atoms with E-state index >= 15 is 0 Å². The number of thiophene rings is 1. The Morgan fingerprint density at radius 3 is 2.71 bits per heavy atom. The Labute approximate surface area is 204 Å². The number of hydrogen-bond donors (Lipinski definition) is 1. The molecule has 3 heterocycles. The van der Waals surface area contributed by atoms with Crippen LogP contribution in [0.3, 0.4) is 0 Å². The summed E-state index contributed by atoms with van der Waals surface area (Å²) in [5, 5.41) is 14.1. The van der Waals surface area contributed by atoms with Crippen LogP contribution in [-0.4, -0.2) is 45.8 Å². The molecule has 9 heteroatoms. The normalized spacial score (nSPS) is 16.3. The van der Waals surface area contributed by atoms with E-state index in [1.54, 1.807) is 18.4 Å². The summed E-state index contributed by atoms with van der Waals surface area (Å²) >= 11 is 1.75. The van der Waals surface area contributed by atoms with Crippen LogP contribution in [0, 0.1) is 6.92 Å². The van der Waals surface area contributed by atoms with Crippen LogP contribution in [0.1, 0.15) is 34.4 Å². The molecule has 0 bridgehead atoms. The Morgan fingerprint density at radius 2 is 2.06 bits per heavy atom. The van der Waals surface area contributed by atoms with Crippen molar-refractivity contribution in [3.63, 3.8) is 0 Å². The molecule has 0 amide bonds. The van der Waals surface area contributed by atoms with Gasteiger partial charge in [0.2, 0.25) is 0 Å². The summed E-state index contributed by atoms with van der Waals surface area (Å²) in [4.78, 5) is 8.55. The molecular weight excluding hydrogens is 523 g/mol. The third kappa shape index (κ3) is 5.76. The summed E-state index contributed by atoms with van der Waals surface area (Å²) < 4.78 is 7.28. The van der Waals surface area contributed by atoms with Gasteiger partial charge in [-0.05, 0) is 42.5 Å². The number of hydrogen-bond acceptors (Lipinski definition) is 5. The molecule has 1 aliphatic heterocycles. The Hall–Kier alpha value is -2.14. The van der Waals surface area contributed by atoms with Gasteiger partial charge in [0.25, 0.3) is 0 Å². The van der Waals surface area contributed by atoms with Crippen LogP contribution >= 0.6 is 35.3 Å². The molecule has 1 saturated heterocycles. The quantitative estimate of drug-likeness (QED) is 0.285. The Balaban J connectivity index is 0.00000272. The predicted octanol–water partition coefficient (Wildman–Crippen LogP) is 3.95. The van der Waals surface area contributed by atoms with Gasteiger partial charge in [-0.3, -0.25) is 0 Å². The lowest BCUT2D eigenvalue weighted by atomic mass is 9.98. The van der Waals surface area contributed by atoms with E-state index in [2.05, 4.69) is 50.1 Å². The van der Waals surface area contributed by atoms with E-state index in [1.807, 2.05) is 30.7 Å². The largest absolute Gasteiger partial charge is 0.497 e. The number of rotatable bonds is 6. The molecule has 1 atom stereocenters. The molecule has 0 saturated carbocycles. The average Bonchev–Trinajstić information content (AvgIpc) is 3.52. The van der Waals surface area contributed by atoms with Crippen molar-refractivity contribution in [3.05, 3.63) is 63.9 Å². The highest BCUT2D eigenvalue weighted by atomic mass is 127. The van der Waals surface area contributed by atoms with Gasteiger partial charge in [0.05, 0.1) is 13.7 Å². The van der Waals surface area contributed by atoms with Gasteiger partial charge in [0, 0.05) is 30.9 Å². The fraction of sp³-hybridized carbons (Fsp3) is 0.409. The monoisotopic (exact) mass is 552 g/mol. The van der Waals surface area contributed by atoms with Gasteiger partial charge in [0.15, 0.2) is 11.8 Å². The smallest absolute Gasteiger partial charge is 0.194 e. The highest BCUT2D eigenvalue weighted by Gasteiger charge is 2.26. The number of aliphatic imine (C=N–C) groups is 1. The minimum atomic E-state index is 0. The number of aryl methyl sites for hydroxylation is 1. The molecule has 166 valence electrons. The summed E-state index contributed by atoms with van der Waals surface area (Å²) in [6.07, 6.45) is 1.11. The van der Waals surface area contributed by atoms with Crippen LogP contribution in [0.25, 0.3) is 0 Å². The Kier molecular flexibility index (Phi) is 8.30. The molecule has 7 nitrogen and oxygen atoms in total. The van der Waals surface area contributed by atoms with E-state index < -0.39 is 0 Å².